The van der Waals surface area contributed by atoms with E-state index in [4.69, 9.17) is 10.6 Å². The summed E-state index contributed by atoms with van der Waals surface area (Å²) in [5, 5.41) is 1.84. The number of thiophene rings is 1. The molecule has 108 valence electrons. The molecular formula is C13H13BrF2N2OS. The van der Waals surface area contributed by atoms with Crippen molar-refractivity contribution in [2.45, 2.75) is 12.5 Å². The lowest BCUT2D eigenvalue weighted by Gasteiger charge is -2.17. The standard InChI is InChI=1S/C13H13BrF2N2OS/c1-19-11-4-5-20-13(11)10(18-17)6-7-9(15)3-2-8(14)12(7)16/h2-5,10,18H,6,17H2,1H3. The van der Waals surface area contributed by atoms with Crippen LogP contribution >= 0.6 is 27.3 Å². The second-order valence-electron chi connectivity index (χ2n) is 4.10. The van der Waals surface area contributed by atoms with Crippen LogP contribution in [0.3, 0.4) is 0 Å². The number of hydrogen-bond acceptors (Lipinski definition) is 4. The number of rotatable bonds is 5. The Morgan fingerprint density at radius 1 is 1.40 bits per heavy atom. The van der Waals surface area contributed by atoms with Gasteiger partial charge in [-0.05, 0) is 45.9 Å². The summed E-state index contributed by atoms with van der Waals surface area (Å²) in [6.45, 7) is 0. The lowest BCUT2D eigenvalue weighted by Crippen LogP contribution is -2.29. The Labute approximate surface area is 127 Å². The van der Waals surface area contributed by atoms with Crippen LogP contribution in [0, 0.1) is 11.6 Å². The van der Waals surface area contributed by atoms with E-state index in [1.165, 1.54) is 23.5 Å². The fourth-order valence-corrected chi connectivity index (χ4v) is 3.21. The van der Waals surface area contributed by atoms with Gasteiger partial charge >= 0.3 is 0 Å². The van der Waals surface area contributed by atoms with Gasteiger partial charge < -0.3 is 4.74 Å². The molecule has 1 aromatic carbocycles. The minimum atomic E-state index is -0.610. The van der Waals surface area contributed by atoms with Gasteiger partial charge in [-0.2, -0.15) is 0 Å². The number of hydrazine groups is 1. The number of benzene rings is 1. The van der Waals surface area contributed by atoms with E-state index in [-0.39, 0.29) is 16.5 Å². The normalized spacial score (nSPS) is 12.4. The Morgan fingerprint density at radius 2 is 2.15 bits per heavy atom. The molecule has 0 saturated carbocycles. The molecule has 2 rings (SSSR count). The summed E-state index contributed by atoms with van der Waals surface area (Å²) >= 11 is 4.47. The molecule has 0 bridgehead atoms. The van der Waals surface area contributed by atoms with Crippen LogP contribution < -0.4 is 16.0 Å². The average molecular weight is 363 g/mol. The minimum Gasteiger partial charge on any atom is -0.496 e. The van der Waals surface area contributed by atoms with E-state index in [1.807, 2.05) is 5.38 Å². The number of hydrogen-bond donors (Lipinski definition) is 2. The van der Waals surface area contributed by atoms with Crippen LogP contribution in [0.5, 0.6) is 5.75 Å². The number of ether oxygens (including phenoxy) is 1. The molecule has 1 atom stereocenters. The Bertz CT molecular complexity index is 606. The van der Waals surface area contributed by atoms with Crippen molar-refractivity contribution < 1.29 is 13.5 Å². The van der Waals surface area contributed by atoms with Gasteiger partial charge in [0.1, 0.15) is 17.4 Å². The monoisotopic (exact) mass is 362 g/mol. The van der Waals surface area contributed by atoms with Gasteiger partial charge in [0.15, 0.2) is 0 Å². The molecule has 0 amide bonds. The van der Waals surface area contributed by atoms with Crippen LogP contribution in [0.2, 0.25) is 0 Å². The van der Waals surface area contributed by atoms with Crippen molar-refractivity contribution in [3.8, 4) is 5.75 Å². The zero-order valence-corrected chi connectivity index (χ0v) is 13.0. The SMILES string of the molecule is COc1ccsc1C(Cc1c(F)ccc(Br)c1F)NN. The highest BCUT2D eigenvalue weighted by Crippen LogP contribution is 2.34. The van der Waals surface area contributed by atoms with Crippen molar-refractivity contribution in [1.82, 2.24) is 5.43 Å². The van der Waals surface area contributed by atoms with Gasteiger partial charge in [0.2, 0.25) is 0 Å². The van der Waals surface area contributed by atoms with Crippen LogP contribution in [-0.4, -0.2) is 7.11 Å². The quantitative estimate of drug-likeness (QED) is 0.485. The molecule has 2 aromatic rings. The summed E-state index contributed by atoms with van der Waals surface area (Å²) in [4.78, 5) is 0.800. The molecule has 0 fully saturated rings. The van der Waals surface area contributed by atoms with Crippen molar-refractivity contribution in [2.24, 2.45) is 5.84 Å². The Balaban J connectivity index is 2.34. The molecule has 0 radical (unpaired) electrons. The summed E-state index contributed by atoms with van der Waals surface area (Å²) in [6, 6.07) is 3.92. The first-order valence-corrected chi connectivity index (χ1v) is 7.45. The van der Waals surface area contributed by atoms with Gasteiger partial charge in [-0.15, -0.1) is 11.3 Å². The second kappa shape index (κ2) is 6.62. The second-order valence-corrected chi connectivity index (χ2v) is 5.90. The smallest absolute Gasteiger partial charge is 0.143 e. The van der Waals surface area contributed by atoms with Gasteiger partial charge in [-0.3, -0.25) is 11.3 Å². The minimum absolute atomic E-state index is 0.0159. The van der Waals surface area contributed by atoms with Crippen LogP contribution in [0.4, 0.5) is 8.78 Å². The topological polar surface area (TPSA) is 47.3 Å². The maximum absolute atomic E-state index is 14.0. The third-order valence-corrected chi connectivity index (χ3v) is 4.57. The number of nitrogens with one attached hydrogen (secondary N) is 1. The Hall–Kier alpha value is -1.02. The first-order valence-electron chi connectivity index (χ1n) is 5.78. The van der Waals surface area contributed by atoms with Crippen LogP contribution in [-0.2, 0) is 6.42 Å². The Morgan fingerprint density at radius 3 is 2.80 bits per heavy atom. The first-order chi connectivity index (χ1) is 9.58. The molecule has 3 N–H and O–H groups in total. The predicted molar refractivity (Wildman–Crippen MR) is 78.7 cm³/mol. The molecular weight excluding hydrogens is 350 g/mol. The lowest BCUT2D eigenvalue weighted by molar-refractivity contribution is 0.401. The third-order valence-electron chi connectivity index (χ3n) is 2.94. The highest BCUT2D eigenvalue weighted by molar-refractivity contribution is 9.10. The van der Waals surface area contributed by atoms with E-state index in [2.05, 4.69) is 21.4 Å². The maximum Gasteiger partial charge on any atom is 0.143 e. The molecule has 0 aliphatic carbocycles. The molecule has 0 spiro atoms. The van der Waals surface area contributed by atoms with Gasteiger partial charge in [0.05, 0.1) is 22.5 Å². The van der Waals surface area contributed by atoms with E-state index in [0.717, 1.165) is 4.88 Å². The maximum atomic E-state index is 14.0. The average Bonchev–Trinajstić information content (AvgIpc) is 2.92. The molecule has 1 unspecified atom stereocenters. The zero-order chi connectivity index (χ0) is 14.7. The van der Waals surface area contributed by atoms with Crippen LogP contribution in [0.25, 0.3) is 0 Å². The fraction of sp³-hybridized carbons (Fsp3) is 0.231. The largest absolute Gasteiger partial charge is 0.496 e. The number of halogens is 3. The summed E-state index contributed by atoms with van der Waals surface area (Å²) in [7, 11) is 1.54. The van der Waals surface area contributed by atoms with Crippen molar-refractivity contribution in [3.05, 3.63) is 50.1 Å². The summed E-state index contributed by atoms with van der Waals surface area (Å²) in [6.07, 6.45) is 0.0878. The predicted octanol–water partition coefficient (Wildman–Crippen LogP) is 3.54. The first kappa shape index (κ1) is 15.4. The van der Waals surface area contributed by atoms with E-state index in [0.29, 0.717) is 5.75 Å². The van der Waals surface area contributed by atoms with Crippen molar-refractivity contribution >= 4 is 27.3 Å². The van der Waals surface area contributed by atoms with Crippen molar-refractivity contribution in [2.75, 3.05) is 7.11 Å². The summed E-state index contributed by atoms with van der Waals surface area (Å²) in [5.41, 5.74) is 2.57. The third kappa shape index (κ3) is 3.01. The van der Waals surface area contributed by atoms with Gasteiger partial charge in [-0.25, -0.2) is 8.78 Å². The molecule has 7 heteroatoms. The highest BCUT2D eigenvalue weighted by Gasteiger charge is 2.21. The number of methoxy groups -OCH3 is 1. The van der Waals surface area contributed by atoms with Crippen LogP contribution in [0.1, 0.15) is 16.5 Å². The molecule has 3 nitrogen and oxygen atoms in total. The van der Waals surface area contributed by atoms with E-state index < -0.39 is 17.7 Å². The van der Waals surface area contributed by atoms with Crippen LogP contribution in [0.15, 0.2) is 28.1 Å². The van der Waals surface area contributed by atoms with Gasteiger partial charge in [0.25, 0.3) is 0 Å². The lowest BCUT2D eigenvalue weighted by atomic mass is 10.0. The summed E-state index contributed by atoms with van der Waals surface area (Å²) in [5.74, 6) is 4.96. The Kier molecular flexibility index (Phi) is 5.09. The highest BCUT2D eigenvalue weighted by atomic mass is 79.9. The molecule has 1 heterocycles. The summed E-state index contributed by atoms with van der Waals surface area (Å²) < 4.78 is 33.2. The molecule has 20 heavy (non-hydrogen) atoms. The molecule has 1 aromatic heterocycles. The number of nitrogens with two attached hydrogens (primary N) is 1. The van der Waals surface area contributed by atoms with Crippen molar-refractivity contribution in [3.63, 3.8) is 0 Å². The molecule has 0 saturated heterocycles. The zero-order valence-electron chi connectivity index (χ0n) is 10.6. The van der Waals surface area contributed by atoms with Gasteiger partial charge in [0, 0.05) is 5.56 Å². The van der Waals surface area contributed by atoms with E-state index >= 15 is 0 Å². The van der Waals surface area contributed by atoms with Gasteiger partial charge in [-0.1, -0.05) is 0 Å². The van der Waals surface area contributed by atoms with Crippen molar-refractivity contribution in [1.29, 1.82) is 0 Å². The van der Waals surface area contributed by atoms with E-state index in [9.17, 15) is 8.78 Å². The molecule has 0 aliphatic rings. The van der Waals surface area contributed by atoms with E-state index in [1.54, 1.807) is 13.2 Å². The molecule has 0 aliphatic heterocycles. The fourth-order valence-electron chi connectivity index (χ4n) is 1.92.